The number of esters is 1. The van der Waals surface area contributed by atoms with Gasteiger partial charge in [-0.1, -0.05) is 93.0 Å². The highest BCUT2D eigenvalue weighted by atomic mass is 16.5. The summed E-state index contributed by atoms with van der Waals surface area (Å²) in [7, 11) is 0. The summed E-state index contributed by atoms with van der Waals surface area (Å²) in [5, 5.41) is 17.3. The van der Waals surface area contributed by atoms with E-state index in [4.69, 9.17) is 21.6 Å². The maximum Gasteiger partial charge on any atom is 0.312 e. The standard InChI is InChI=1S/C22H37NO3.C6H8N2.C2H6/c1-9-11-22(8,21(5,6)7)19(25)26-12-10-15-13-16(20(2,3)4)18(24)17(23)14-15;7-5-3-1-2-4-6(5)8;1-2/h13-14,24H,9-12,23H2,1-8H3;1-5,8H,7H2;1-2H3. The largest absolute Gasteiger partial charge is 0.505 e. The number of nitrogens with two attached hydrogens (primary N) is 2. The summed E-state index contributed by atoms with van der Waals surface area (Å²) < 4.78 is 5.64. The van der Waals surface area contributed by atoms with Crippen LogP contribution in [0.3, 0.4) is 0 Å². The minimum Gasteiger partial charge on any atom is -0.505 e. The van der Waals surface area contributed by atoms with Gasteiger partial charge in [0.15, 0.2) is 0 Å². The molecule has 0 aromatic heterocycles. The Bertz CT molecular complexity index is 921. The molecule has 0 amide bonds. The first-order valence-electron chi connectivity index (χ1n) is 13.0. The SMILES string of the molecule is CC.CCCC(C)(C(=O)OCCc1cc(N)c(O)c(C(C)(C)C)c1)C(C)(C)C.N=C1C=CC=CC1N. The Hall–Kier alpha value is -2.60. The summed E-state index contributed by atoms with van der Waals surface area (Å²) in [4.78, 5) is 12.8. The van der Waals surface area contributed by atoms with E-state index in [0.29, 0.717) is 24.4 Å². The minimum atomic E-state index is -0.508. The predicted molar refractivity (Wildman–Crippen MR) is 154 cm³/mol. The summed E-state index contributed by atoms with van der Waals surface area (Å²) in [5.74, 6) is -0.00357. The number of ether oxygens (including phenoxy) is 1. The Morgan fingerprint density at radius 2 is 1.67 bits per heavy atom. The van der Waals surface area contributed by atoms with E-state index in [1.807, 2.05) is 59.8 Å². The Morgan fingerprint density at radius 3 is 2.08 bits per heavy atom. The average molecular weight is 502 g/mol. The van der Waals surface area contributed by atoms with Gasteiger partial charge in [0.1, 0.15) is 5.75 Å². The number of phenols is 1. The van der Waals surface area contributed by atoms with Gasteiger partial charge in [-0.05, 0) is 41.9 Å². The third kappa shape index (κ3) is 9.45. The van der Waals surface area contributed by atoms with Crippen molar-refractivity contribution < 1.29 is 14.6 Å². The molecule has 1 aromatic carbocycles. The number of nitrogen functional groups attached to an aromatic ring is 1. The summed E-state index contributed by atoms with van der Waals surface area (Å²) >= 11 is 0. The van der Waals surface area contributed by atoms with E-state index in [1.165, 1.54) is 0 Å². The van der Waals surface area contributed by atoms with Crippen molar-refractivity contribution in [1.29, 1.82) is 5.41 Å². The number of hydrogen-bond donors (Lipinski definition) is 4. The molecule has 0 saturated carbocycles. The van der Waals surface area contributed by atoms with Crippen LogP contribution >= 0.6 is 0 Å². The van der Waals surface area contributed by atoms with Gasteiger partial charge in [0.2, 0.25) is 0 Å². The van der Waals surface area contributed by atoms with E-state index in [1.54, 1.807) is 18.2 Å². The first-order chi connectivity index (χ1) is 16.5. The van der Waals surface area contributed by atoms with Crippen molar-refractivity contribution in [2.24, 2.45) is 16.6 Å². The number of aromatic hydroxyl groups is 1. The lowest BCUT2D eigenvalue weighted by Crippen LogP contribution is -2.41. The monoisotopic (exact) mass is 501 g/mol. The molecule has 1 aliphatic carbocycles. The summed E-state index contributed by atoms with van der Waals surface area (Å²) in [5.41, 5.74) is 13.1. The van der Waals surface area contributed by atoms with Crippen molar-refractivity contribution >= 4 is 17.4 Å². The van der Waals surface area contributed by atoms with E-state index in [-0.39, 0.29) is 28.6 Å². The van der Waals surface area contributed by atoms with Crippen molar-refractivity contribution in [3.05, 3.63) is 47.6 Å². The molecule has 0 saturated heterocycles. The van der Waals surface area contributed by atoms with Crippen molar-refractivity contribution in [2.45, 2.75) is 100.0 Å². The molecule has 0 radical (unpaired) electrons. The van der Waals surface area contributed by atoms with Crippen LogP contribution in [0.15, 0.2) is 36.4 Å². The molecule has 2 atom stereocenters. The second kappa shape index (κ2) is 14.2. The molecular weight excluding hydrogens is 450 g/mol. The van der Waals surface area contributed by atoms with Crippen molar-refractivity contribution in [2.75, 3.05) is 12.3 Å². The smallest absolute Gasteiger partial charge is 0.312 e. The zero-order valence-electron chi connectivity index (χ0n) is 24.3. The molecule has 6 N–H and O–H groups in total. The summed E-state index contributed by atoms with van der Waals surface area (Å²) in [6.07, 6.45) is 9.47. The van der Waals surface area contributed by atoms with Crippen LogP contribution in [0.1, 0.15) is 93.2 Å². The Kier molecular flexibility index (Phi) is 13.2. The number of benzene rings is 1. The van der Waals surface area contributed by atoms with E-state index in [9.17, 15) is 9.90 Å². The van der Waals surface area contributed by atoms with Gasteiger partial charge in [0.25, 0.3) is 0 Å². The van der Waals surface area contributed by atoms with Gasteiger partial charge in [0.05, 0.1) is 29.5 Å². The van der Waals surface area contributed by atoms with E-state index in [0.717, 1.165) is 24.0 Å². The molecule has 0 heterocycles. The number of hydrogen-bond acceptors (Lipinski definition) is 6. The molecule has 0 fully saturated rings. The molecular formula is C30H51N3O3. The zero-order chi connectivity index (χ0) is 28.3. The van der Waals surface area contributed by atoms with Gasteiger partial charge < -0.3 is 26.7 Å². The topological polar surface area (TPSA) is 122 Å². The molecule has 6 nitrogen and oxygen atoms in total. The third-order valence-electron chi connectivity index (χ3n) is 6.55. The van der Waals surface area contributed by atoms with Crippen LogP contribution in [-0.4, -0.2) is 29.4 Å². The van der Waals surface area contributed by atoms with Crippen LogP contribution in [-0.2, 0) is 21.4 Å². The molecule has 204 valence electrons. The predicted octanol–water partition coefficient (Wildman–Crippen LogP) is 6.70. The lowest BCUT2D eigenvalue weighted by Gasteiger charge is -2.39. The third-order valence-corrected chi connectivity index (χ3v) is 6.55. The average Bonchev–Trinajstić information content (AvgIpc) is 2.78. The van der Waals surface area contributed by atoms with Gasteiger partial charge >= 0.3 is 5.97 Å². The normalized spacial score (nSPS) is 16.8. The fourth-order valence-corrected chi connectivity index (χ4v) is 3.70. The highest BCUT2D eigenvalue weighted by Gasteiger charge is 2.44. The van der Waals surface area contributed by atoms with Gasteiger partial charge in [-0.25, -0.2) is 0 Å². The number of phenolic OH excluding ortho intramolecular Hbond substituents is 1. The Labute approximate surface area is 219 Å². The van der Waals surface area contributed by atoms with E-state index < -0.39 is 5.41 Å². The number of carbonyl (C=O) groups excluding carboxylic acids is 1. The number of rotatable bonds is 6. The molecule has 36 heavy (non-hydrogen) atoms. The second-order valence-corrected chi connectivity index (χ2v) is 11.3. The number of anilines is 1. The number of allylic oxidation sites excluding steroid dienone is 2. The van der Waals surface area contributed by atoms with Crippen molar-refractivity contribution in [3.8, 4) is 5.75 Å². The van der Waals surface area contributed by atoms with Crippen LogP contribution in [0.4, 0.5) is 5.69 Å². The Morgan fingerprint density at radius 1 is 1.08 bits per heavy atom. The first kappa shape index (κ1) is 33.4. The highest BCUT2D eigenvalue weighted by molar-refractivity contribution is 5.99. The maximum atomic E-state index is 12.8. The molecule has 2 rings (SSSR count). The molecule has 0 spiro atoms. The van der Waals surface area contributed by atoms with Crippen molar-refractivity contribution in [1.82, 2.24) is 0 Å². The molecule has 1 aliphatic rings. The quantitative estimate of drug-likeness (QED) is 0.196. The van der Waals surface area contributed by atoms with Crippen LogP contribution in [0.25, 0.3) is 0 Å². The molecule has 1 aromatic rings. The second-order valence-electron chi connectivity index (χ2n) is 11.3. The zero-order valence-corrected chi connectivity index (χ0v) is 24.3. The highest BCUT2D eigenvalue weighted by Crippen LogP contribution is 2.43. The van der Waals surface area contributed by atoms with Gasteiger partial charge in [-0.2, -0.15) is 0 Å². The van der Waals surface area contributed by atoms with Crippen molar-refractivity contribution in [3.63, 3.8) is 0 Å². The Balaban J connectivity index is 0.00000102. The molecule has 2 unspecified atom stereocenters. The fourth-order valence-electron chi connectivity index (χ4n) is 3.70. The van der Waals surface area contributed by atoms with Crippen LogP contribution in [0, 0.1) is 16.2 Å². The lowest BCUT2D eigenvalue weighted by molar-refractivity contribution is -0.162. The molecule has 6 heteroatoms. The lowest BCUT2D eigenvalue weighted by atomic mass is 9.65. The van der Waals surface area contributed by atoms with Crippen LogP contribution in [0.5, 0.6) is 5.75 Å². The van der Waals surface area contributed by atoms with E-state index in [2.05, 4.69) is 27.7 Å². The number of nitrogens with one attached hydrogen (secondary N) is 1. The molecule has 0 bridgehead atoms. The summed E-state index contributed by atoms with van der Waals surface area (Å²) in [6, 6.07) is 3.53. The van der Waals surface area contributed by atoms with Gasteiger partial charge in [-0.3, -0.25) is 4.79 Å². The summed E-state index contributed by atoms with van der Waals surface area (Å²) in [6.45, 7) is 20.7. The fraction of sp³-hybridized carbons (Fsp3) is 0.600. The van der Waals surface area contributed by atoms with Crippen LogP contribution < -0.4 is 11.5 Å². The van der Waals surface area contributed by atoms with Gasteiger partial charge in [0, 0.05) is 12.0 Å². The molecule has 0 aliphatic heterocycles. The first-order valence-corrected chi connectivity index (χ1v) is 13.0. The number of carbonyl (C=O) groups is 1. The maximum absolute atomic E-state index is 12.8. The van der Waals surface area contributed by atoms with E-state index >= 15 is 0 Å². The van der Waals surface area contributed by atoms with Gasteiger partial charge in [-0.15, -0.1) is 0 Å². The minimum absolute atomic E-state index is 0.140. The van der Waals surface area contributed by atoms with Crippen LogP contribution in [0.2, 0.25) is 0 Å².